The molecule has 0 spiro atoms. The highest BCUT2D eigenvalue weighted by molar-refractivity contribution is 5.25. The van der Waals surface area contributed by atoms with E-state index in [0.717, 1.165) is 32.6 Å². The van der Waals surface area contributed by atoms with Crippen molar-refractivity contribution < 1.29 is 0 Å². The molecule has 19 heavy (non-hydrogen) atoms. The van der Waals surface area contributed by atoms with Crippen LogP contribution in [0.25, 0.3) is 0 Å². The first-order valence-corrected chi connectivity index (χ1v) is 6.96. The number of nitrogens with two attached hydrogens (primary N) is 1. The summed E-state index contributed by atoms with van der Waals surface area (Å²) in [4.78, 5) is 4.80. The quantitative estimate of drug-likeness (QED) is 0.655. The van der Waals surface area contributed by atoms with E-state index in [1.807, 2.05) is 7.05 Å². The Morgan fingerprint density at radius 1 is 1.11 bits per heavy atom. The average Bonchev–Trinajstić information content (AvgIpc) is 2.40. The molecule has 1 aromatic carbocycles. The monoisotopic (exact) mass is 262 g/mol. The zero-order valence-corrected chi connectivity index (χ0v) is 12.3. The molecule has 4 heteroatoms. The van der Waals surface area contributed by atoms with Gasteiger partial charge in [-0.1, -0.05) is 30.3 Å². The van der Waals surface area contributed by atoms with Gasteiger partial charge in [0.25, 0.3) is 0 Å². The number of nitrogens with zero attached hydrogens (tertiary/aromatic N) is 3. The second kappa shape index (κ2) is 6.01. The minimum absolute atomic E-state index is 0.172. The Hall–Kier alpha value is -0.940. The summed E-state index contributed by atoms with van der Waals surface area (Å²) in [6, 6.07) is 10.9. The largest absolute Gasteiger partial charge is 0.300 e. The van der Waals surface area contributed by atoms with Gasteiger partial charge in [-0.3, -0.25) is 15.6 Å². The van der Waals surface area contributed by atoms with Crippen LogP contribution in [0, 0.1) is 0 Å². The number of hydrogen-bond acceptors (Lipinski definition) is 4. The predicted octanol–water partition coefficient (Wildman–Crippen LogP) is 1.30. The average molecular weight is 262 g/mol. The zero-order chi connectivity index (χ0) is 13.9. The van der Waals surface area contributed by atoms with Crippen LogP contribution in [-0.4, -0.2) is 55.7 Å². The van der Waals surface area contributed by atoms with Crippen molar-refractivity contribution in [3.8, 4) is 0 Å². The van der Waals surface area contributed by atoms with E-state index >= 15 is 0 Å². The highest BCUT2D eigenvalue weighted by atomic mass is 15.5. The van der Waals surface area contributed by atoms with Crippen molar-refractivity contribution in [3.63, 3.8) is 0 Å². The minimum Gasteiger partial charge on any atom is -0.300 e. The van der Waals surface area contributed by atoms with Crippen LogP contribution in [0.3, 0.4) is 0 Å². The Balaban J connectivity index is 2.12. The third-order valence-electron chi connectivity index (χ3n) is 4.27. The molecule has 0 atom stereocenters. The van der Waals surface area contributed by atoms with Crippen LogP contribution in [0.4, 0.5) is 0 Å². The van der Waals surface area contributed by atoms with Crippen LogP contribution >= 0.6 is 0 Å². The van der Waals surface area contributed by atoms with E-state index in [1.54, 1.807) is 5.01 Å². The summed E-state index contributed by atoms with van der Waals surface area (Å²) in [7, 11) is 6.31. The topological polar surface area (TPSA) is 35.7 Å². The van der Waals surface area contributed by atoms with Crippen molar-refractivity contribution in [2.45, 2.75) is 18.4 Å². The van der Waals surface area contributed by atoms with E-state index in [1.165, 1.54) is 5.56 Å². The normalized spacial score (nSPS) is 20.1. The van der Waals surface area contributed by atoms with Crippen LogP contribution in [0.2, 0.25) is 0 Å². The molecule has 0 unspecified atom stereocenters. The molecular formula is C15H26N4. The highest BCUT2D eigenvalue weighted by Crippen LogP contribution is 2.37. The lowest BCUT2D eigenvalue weighted by Gasteiger charge is -2.47. The van der Waals surface area contributed by atoms with Gasteiger partial charge in [0.05, 0.1) is 6.67 Å². The molecule has 0 amide bonds. The van der Waals surface area contributed by atoms with Gasteiger partial charge in [0.1, 0.15) is 0 Å². The predicted molar refractivity (Wildman–Crippen MR) is 79.4 cm³/mol. The standard InChI is InChI=1S/C15H26N4/c1-17(2)15(14-7-5-4-6-8-14)9-11-19(12-10-15)13-18(3)16/h4-8H,9-13,16H2,1-3H3. The lowest BCUT2D eigenvalue weighted by molar-refractivity contribution is 0.0319. The molecule has 106 valence electrons. The van der Waals surface area contributed by atoms with Gasteiger partial charge in [-0.05, 0) is 32.5 Å². The molecule has 0 aromatic heterocycles. The smallest absolute Gasteiger partial charge is 0.0640 e. The lowest BCUT2D eigenvalue weighted by atomic mass is 9.80. The van der Waals surface area contributed by atoms with Gasteiger partial charge in [-0.25, -0.2) is 5.01 Å². The molecule has 2 N–H and O–H groups in total. The van der Waals surface area contributed by atoms with Crippen molar-refractivity contribution >= 4 is 0 Å². The molecule has 0 radical (unpaired) electrons. The Bertz CT molecular complexity index is 380. The fourth-order valence-electron chi connectivity index (χ4n) is 3.12. The maximum absolute atomic E-state index is 5.74. The molecule has 1 aliphatic heterocycles. The summed E-state index contributed by atoms with van der Waals surface area (Å²) >= 11 is 0. The Kier molecular flexibility index (Phi) is 4.58. The number of hydrazine groups is 1. The van der Waals surface area contributed by atoms with Crippen molar-refractivity contribution in [1.82, 2.24) is 14.8 Å². The third kappa shape index (κ3) is 3.15. The van der Waals surface area contributed by atoms with E-state index < -0.39 is 0 Å². The Labute approximate surface area is 116 Å². The fourth-order valence-corrected chi connectivity index (χ4v) is 3.12. The van der Waals surface area contributed by atoms with Crippen molar-refractivity contribution in [2.24, 2.45) is 5.84 Å². The van der Waals surface area contributed by atoms with Gasteiger partial charge in [0.15, 0.2) is 0 Å². The van der Waals surface area contributed by atoms with Gasteiger partial charge in [-0.15, -0.1) is 0 Å². The van der Waals surface area contributed by atoms with Crippen LogP contribution in [-0.2, 0) is 5.54 Å². The van der Waals surface area contributed by atoms with Gasteiger partial charge in [0.2, 0.25) is 0 Å². The summed E-state index contributed by atoms with van der Waals surface area (Å²) in [6.45, 7) is 3.03. The Morgan fingerprint density at radius 3 is 2.16 bits per heavy atom. The molecule has 1 aliphatic rings. The van der Waals surface area contributed by atoms with Crippen molar-refractivity contribution in [2.75, 3.05) is 40.9 Å². The molecule has 2 rings (SSSR count). The van der Waals surface area contributed by atoms with E-state index in [2.05, 4.69) is 54.2 Å². The third-order valence-corrected chi connectivity index (χ3v) is 4.27. The number of benzene rings is 1. The van der Waals surface area contributed by atoms with Gasteiger partial charge < -0.3 is 0 Å². The Morgan fingerprint density at radius 2 is 1.68 bits per heavy atom. The molecule has 1 fully saturated rings. The number of likely N-dealkylation sites (tertiary alicyclic amines) is 1. The second-order valence-corrected chi connectivity index (χ2v) is 5.81. The number of piperidine rings is 1. The van der Waals surface area contributed by atoms with Crippen LogP contribution < -0.4 is 5.84 Å². The van der Waals surface area contributed by atoms with Crippen LogP contribution in [0.15, 0.2) is 30.3 Å². The highest BCUT2D eigenvalue weighted by Gasteiger charge is 2.37. The maximum atomic E-state index is 5.74. The molecule has 1 aromatic rings. The number of rotatable bonds is 4. The van der Waals surface area contributed by atoms with Crippen molar-refractivity contribution in [3.05, 3.63) is 35.9 Å². The summed E-state index contributed by atoms with van der Waals surface area (Å²) in [5.74, 6) is 5.74. The molecular weight excluding hydrogens is 236 g/mol. The SMILES string of the molecule is CN(N)CN1CCC(c2ccccc2)(N(C)C)CC1. The first-order chi connectivity index (χ1) is 9.04. The maximum Gasteiger partial charge on any atom is 0.0640 e. The summed E-state index contributed by atoms with van der Waals surface area (Å²) in [5.41, 5.74) is 1.60. The summed E-state index contributed by atoms with van der Waals surface area (Å²) in [5, 5.41) is 1.76. The zero-order valence-electron chi connectivity index (χ0n) is 12.3. The number of hydrogen-bond donors (Lipinski definition) is 1. The van der Waals surface area contributed by atoms with Crippen LogP contribution in [0.1, 0.15) is 18.4 Å². The van der Waals surface area contributed by atoms with Gasteiger partial charge in [-0.2, -0.15) is 0 Å². The molecule has 0 saturated carbocycles. The molecule has 0 bridgehead atoms. The minimum atomic E-state index is 0.172. The van der Waals surface area contributed by atoms with Gasteiger partial charge >= 0.3 is 0 Å². The molecule has 1 saturated heterocycles. The lowest BCUT2D eigenvalue weighted by Crippen LogP contribution is -2.52. The molecule has 0 aliphatic carbocycles. The van der Waals surface area contributed by atoms with Crippen LogP contribution in [0.5, 0.6) is 0 Å². The molecule has 4 nitrogen and oxygen atoms in total. The molecule has 1 heterocycles. The van der Waals surface area contributed by atoms with E-state index in [0.29, 0.717) is 0 Å². The second-order valence-electron chi connectivity index (χ2n) is 5.81. The van der Waals surface area contributed by atoms with Crippen molar-refractivity contribution in [1.29, 1.82) is 0 Å². The fraction of sp³-hybridized carbons (Fsp3) is 0.600. The summed E-state index contributed by atoms with van der Waals surface area (Å²) < 4.78 is 0. The summed E-state index contributed by atoms with van der Waals surface area (Å²) in [6.07, 6.45) is 2.30. The van der Waals surface area contributed by atoms with E-state index in [-0.39, 0.29) is 5.54 Å². The first-order valence-electron chi connectivity index (χ1n) is 6.96. The van der Waals surface area contributed by atoms with E-state index in [9.17, 15) is 0 Å². The van der Waals surface area contributed by atoms with Gasteiger partial charge in [0, 0.05) is 25.7 Å². The van der Waals surface area contributed by atoms with E-state index in [4.69, 9.17) is 5.84 Å². The first kappa shape index (κ1) is 14.5.